The van der Waals surface area contributed by atoms with Crippen molar-refractivity contribution in [3.05, 3.63) is 88.6 Å². The summed E-state index contributed by atoms with van der Waals surface area (Å²) in [5.41, 5.74) is 8.19. The SMILES string of the molecule is Cc1noc2ccc(-c3ccc(CNC(=O)C4C[C@@H]4c4ccccc4)c4c3CCN(C(=O)NC(C)(C)C)C4)cc12. The van der Waals surface area contributed by atoms with E-state index in [1.165, 1.54) is 11.1 Å². The normalized spacial score (nSPS) is 18.4. The van der Waals surface area contributed by atoms with Crippen molar-refractivity contribution in [1.82, 2.24) is 20.7 Å². The second-order valence-corrected chi connectivity index (χ2v) is 12.1. The molecule has 0 radical (unpaired) electrons. The van der Waals surface area contributed by atoms with Gasteiger partial charge in [0.1, 0.15) is 0 Å². The van der Waals surface area contributed by atoms with E-state index in [9.17, 15) is 9.59 Å². The summed E-state index contributed by atoms with van der Waals surface area (Å²) < 4.78 is 5.42. The number of carbonyl (C=O) groups is 2. The minimum Gasteiger partial charge on any atom is -0.356 e. The van der Waals surface area contributed by atoms with E-state index in [-0.39, 0.29) is 23.4 Å². The van der Waals surface area contributed by atoms with Crippen molar-refractivity contribution in [1.29, 1.82) is 0 Å². The Morgan fingerprint density at radius 3 is 2.62 bits per heavy atom. The van der Waals surface area contributed by atoms with E-state index in [1.54, 1.807) is 0 Å². The molecule has 7 heteroatoms. The van der Waals surface area contributed by atoms with Gasteiger partial charge in [-0.2, -0.15) is 0 Å². The fraction of sp³-hybridized carbons (Fsp3) is 0.364. The van der Waals surface area contributed by atoms with Crippen LogP contribution in [-0.2, 0) is 24.3 Å². The molecule has 2 N–H and O–H groups in total. The van der Waals surface area contributed by atoms with E-state index in [1.807, 2.05) is 56.9 Å². The van der Waals surface area contributed by atoms with Gasteiger partial charge in [-0.15, -0.1) is 0 Å². The van der Waals surface area contributed by atoms with Crippen LogP contribution in [0, 0.1) is 12.8 Å². The number of amides is 3. The average Bonchev–Trinajstić information content (AvgIpc) is 3.67. The Kier molecular flexibility index (Phi) is 6.61. The van der Waals surface area contributed by atoms with Gasteiger partial charge in [0.15, 0.2) is 5.58 Å². The Morgan fingerprint density at radius 1 is 1.05 bits per heavy atom. The average molecular weight is 537 g/mol. The van der Waals surface area contributed by atoms with Gasteiger partial charge in [-0.05, 0) is 92.0 Å². The fourth-order valence-electron chi connectivity index (χ4n) is 5.84. The van der Waals surface area contributed by atoms with Crippen molar-refractivity contribution in [3.8, 4) is 11.1 Å². The maximum atomic E-state index is 13.1. The molecule has 0 bridgehead atoms. The molecule has 3 amide bonds. The lowest BCUT2D eigenvalue weighted by Crippen LogP contribution is -2.50. The molecule has 1 aliphatic heterocycles. The first-order chi connectivity index (χ1) is 19.2. The Morgan fingerprint density at radius 2 is 1.85 bits per heavy atom. The van der Waals surface area contributed by atoms with Crippen LogP contribution in [0.5, 0.6) is 0 Å². The van der Waals surface area contributed by atoms with Crippen molar-refractivity contribution in [2.75, 3.05) is 6.54 Å². The number of hydrogen-bond acceptors (Lipinski definition) is 4. The lowest BCUT2D eigenvalue weighted by Gasteiger charge is -2.34. The number of aryl methyl sites for hydroxylation is 1. The first-order valence-corrected chi connectivity index (χ1v) is 14.1. The molecule has 4 aromatic rings. The Hall–Kier alpha value is -4.13. The van der Waals surface area contributed by atoms with Crippen LogP contribution in [0.2, 0.25) is 0 Å². The van der Waals surface area contributed by atoms with Crippen LogP contribution in [0.1, 0.15) is 61.1 Å². The van der Waals surface area contributed by atoms with Crippen molar-refractivity contribution in [3.63, 3.8) is 0 Å². The molecular weight excluding hydrogens is 500 g/mol. The summed E-state index contributed by atoms with van der Waals surface area (Å²) in [5, 5.41) is 11.4. The molecule has 0 saturated heterocycles. The molecule has 1 saturated carbocycles. The van der Waals surface area contributed by atoms with E-state index < -0.39 is 0 Å². The third kappa shape index (κ3) is 5.20. The number of rotatable bonds is 5. The number of aromatic nitrogens is 1. The van der Waals surface area contributed by atoms with E-state index in [0.717, 1.165) is 51.8 Å². The zero-order valence-electron chi connectivity index (χ0n) is 23.6. The van der Waals surface area contributed by atoms with Crippen molar-refractivity contribution in [2.45, 2.75) is 65.1 Å². The van der Waals surface area contributed by atoms with E-state index in [2.05, 4.69) is 52.2 Å². The predicted molar refractivity (Wildman–Crippen MR) is 156 cm³/mol. The van der Waals surface area contributed by atoms with Gasteiger partial charge in [-0.1, -0.05) is 53.7 Å². The molecule has 1 fully saturated rings. The topological polar surface area (TPSA) is 87.5 Å². The van der Waals surface area contributed by atoms with Crippen LogP contribution < -0.4 is 10.6 Å². The minimum atomic E-state index is -0.318. The second kappa shape index (κ2) is 10.1. The predicted octanol–water partition coefficient (Wildman–Crippen LogP) is 6.09. The molecule has 1 aromatic heterocycles. The van der Waals surface area contributed by atoms with Crippen molar-refractivity contribution in [2.24, 2.45) is 5.92 Å². The van der Waals surface area contributed by atoms with Gasteiger partial charge in [0, 0.05) is 36.5 Å². The quantitative estimate of drug-likeness (QED) is 0.323. The summed E-state index contributed by atoms with van der Waals surface area (Å²) >= 11 is 0. The molecule has 206 valence electrons. The number of nitrogens with zero attached hydrogens (tertiary/aromatic N) is 2. The zero-order valence-corrected chi connectivity index (χ0v) is 23.6. The largest absolute Gasteiger partial charge is 0.356 e. The molecule has 7 nitrogen and oxygen atoms in total. The number of nitrogens with one attached hydrogen (secondary N) is 2. The smallest absolute Gasteiger partial charge is 0.318 e. The third-order valence-corrected chi connectivity index (χ3v) is 8.05. The highest BCUT2D eigenvalue weighted by Gasteiger charge is 2.43. The molecule has 40 heavy (non-hydrogen) atoms. The lowest BCUT2D eigenvalue weighted by atomic mass is 9.87. The molecule has 0 spiro atoms. The van der Waals surface area contributed by atoms with Crippen LogP contribution in [0.25, 0.3) is 22.1 Å². The fourth-order valence-corrected chi connectivity index (χ4v) is 5.84. The summed E-state index contributed by atoms with van der Waals surface area (Å²) in [7, 11) is 0. The molecular formula is C33H36N4O3. The first kappa shape index (κ1) is 26.1. The minimum absolute atomic E-state index is 0.0186. The van der Waals surface area contributed by atoms with Crippen LogP contribution in [0.4, 0.5) is 4.79 Å². The summed E-state index contributed by atoms with van der Waals surface area (Å²) in [4.78, 5) is 28.1. The Labute approximate surface area is 234 Å². The number of fused-ring (bicyclic) bond motifs is 2. The molecule has 3 aromatic carbocycles. The Balaban J connectivity index is 1.28. The van der Waals surface area contributed by atoms with Gasteiger partial charge in [-0.3, -0.25) is 4.79 Å². The highest BCUT2D eigenvalue weighted by Crippen LogP contribution is 2.47. The van der Waals surface area contributed by atoms with Crippen LogP contribution >= 0.6 is 0 Å². The summed E-state index contributed by atoms with van der Waals surface area (Å²) in [6, 6.07) is 20.6. The van der Waals surface area contributed by atoms with E-state index in [0.29, 0.717) is 25.6 Å². The van der Waals surface area contributed by atoms with Gasteiger partial charge >= 0.3 is 6.03 Å². The molecule has 6 rings (SSSR count). The van der Waals surface area contributed by atoms with Gasteiger partial charge in [0.05, 0.1) is 5.69 Å². The van der Waals surface area contributed by atoms with Crippen molar-refractivity contribution >= 4 is 22.9 Å². The molecule has 1 aliphatic carbocycles. The molecule has 1 unspecified atom stereocenters. The van der Waals surface area contributed by atoms with Crippen LogP contribution in [-0.4, -0.2) is 34.1 Å². The van der Waals surface area contributed by atoms with Gasteiger partial charge in [0.2, 0.25) is 5.91 Å². The highest BCUT2D eigenvalue weighted by molar-refractivity contribution is 5.86. The highest BCUT2D eigenvalue weighted by atomic mass is 16.5. The van der Waals surface area contributed by atoms with Crippen LogP contribution in [0.15, 0.2) is 65.2 Å². The summed E-state index contributed by atoms with van der Waals surface area (Å²) in [5.74, 6) is 0.410. The van der Waals surface area contributed by atoms with Gasteiger partial charge in [-0.25, -0.2) is 4.79 Å². The van der Waals surface area contributed by atoms with E-state index in [4.69, 9.17) is 4.52 Å². The van der Waals surface area contributed by atoms with Gasteiger partial charge in [0.25, 0.3) is 0 Å². The monoisotopic (exact) mass is 536 g/mol. The number of hydrogen-bond donors (Lipinski definition) is 2. The zero-order chi connectivity index (χ0) is 28.0. The molecule has 2 heterocycles. The standard InChI is InChI=1S/C33H36N4O3/c1-20-26-16-22(11-13-30(26)40-36-20)24-12-10-23(18-34-31(38)28-17-27(28)21-8-6-5-7-9-21)29-19-37(15-14-25(24)29)32(39)35-33(2,3)4/h5-13,16,27-28H,14-15,17-19H2,1-4H3,(H,34,38)(H,35,39)/t27-,28?/m1/s1. The first-order valence-electron chi connectivity index (χ1n) is 14.1. The number of carbonyl (C=O) groups excluding carboxylic acids is 2. The second-order valence-electron chi connectivity index (χ2n) is 12.1. The summed E-state index contributed by atoms with van der Waals surface area (Å²) in [6.07, 6.45) is 1.63. The summed E-state index contributed by atoms with van der Waals surface area (Å²) in [6.45, 7) is 9.50. The number of urea groups is 1. The molecule has 2 aliphatic rings. The van der Waals surface area contributed by atoms with Gasteiger partial charge < -0.3 is 20.1 Å². The molecule has 2 atom stereocenters. The lowest BCUT2D eigenvalue weighted by molar-refractivity contribution is -0.122. The maximum Gasteiger partial charge on any atom is 0.318 e. The van der Waals surface area contributed by atoms with Crippen molar-refractivity contribution < 1.29 is 14.1 Å². The number of benzene rings is 3. The van der Waals surface area contributed by atoms with E-state index >= 15 is 0 Å². The Bertz CT molecular complexity index is 1580. The maximum absolute atomic E-state index is 13.1. The third-order valence-electron chi connectivity index (χ3n) is 8.05. The van der Waals surface area contributed by atoms with Crippen LogP contribution in [0.3, 0.4) is 0 Å².